The molecule has 0 saturated heterocycles. The third-order valence-electron chi connectivity index (χ3n) is 8.86. The third-order valence-corrected chi connectivity index (χ3v) is 8.86. The first-order valence-electron chi connectivity index (χ1n) is 15.0. The highest BCUT2D eigenvalue weighted by Crippen LogP contribution is 2.41. The average molecular weight is 568 g/mol. The predicted molar refractivity (Wildman–Crippen MR) is 163 cm³/mol. The summed E-state index contributed by atoms with van der Waals surface area (Å²) >= 11 is 0. The lowest BCUT2D eigenvalue weighted by Crippen LogP contribution is -2.41. The summed E-state index contributed by atoms with van der Waals surface area (Å²) in [4.78, 5) is 18.9. The van der Waals surface area contributed by atoms with Crippen LogP contribution in [0.3, 0.4) is 0 Å². The minimum Gasteiger partial charge on any atom is -0.390 e. The van der Waals surface area contributed by atoms with Gasteiger partial charge < -0.3 is 9.84 Å². The molecular weight excluding hydrogens is 526 g/mol. The minimum absolute atomic E-state index is 0.00395. The Balaban J connectivity index is 1.48. The fourth-order valence-electron chi connectivity index (χ4n) is 6.39. The van der Waals surface area contributed by atoms with Crippen molar-refractivity contribution in [1.29, 1.82) is 5.26 Å². The highest BCUT2D eigenvalue weighted by molar-refractivity contribution is 5.70. The Morgan fingerprint density at radius 3 is 2.50 bits per heavy atom. The summed E-state index contributed by atoms with van der Waals surface area (Å²) in [7, 11) is 1.76. The molecule has 1 aliphatic rings. The van der Waals surface area contributed by atoms with E-state index in [-0.39, 0.29) is 17.2 Å². The number of aryl methyl sites for hydroxylation is 1. The molecule has 0 radical (unpaired) electrons. The normalized spacial score (nSPS) is 19.2. The van der Waals surface area contributed by atoms with Crippen molar-refractivity contribution in [3.8, 4) is 17.2 Å². The van der Waals surface area contributed by atoms with Gasteiger partial charge in [0.15, 0.2) is 0 Å². The summed E-state index contributed by atoms with van der Waals surface area (Å²) in [5.41, 5.74) is 4.18. The monoisotopic (exact) mass is 567 g/mol. The summed E-state index contributed by atoms with van der Waals surface area (Å²) in [6.45, 7) is 5.78. The average Bonchev–Trinajstić information content (AvgIpc) is 3.48. The maximum Gasteiger partial charge on any atom is 0.259 e. The van der Waals surface area contributed by atoms with Crippen LogP contribution in [-0.2, 0) is 17.6 Å². The number of benzene rings is 2. The van der Waals surface area contributed by atoms with Crippen LogP contribution in [0, 0.1) is 11.3 Å². The lowest BCUT2D eigenvalue weighted by atomic mass is 9.77. The Kier molecular flexibility index (Phi) is 8.63. The van der Waals surface area contributed by atoms with E-state index in [1.54, 1.807) is 13.4 Å². The Bertz CT molecular complexity index is 1630. The molecule has 5 rings (SSSR count). The van der Waals surface area contributed by atoms with Crippen LogP contribution in [0.4, 0.5) is 0 Å². The molecule has 42 heavy (non-hydrogen) atoms. The van der Waals surface area contributed by atoms with Crippen molar-refractivity contribution in [1.82, 2.24) is 19.2 Å². The Hall–Kier alpha value is -3.80. The summed E-state index contributed by atoms with van der Waals surface area (Å²) < 4.78 is 9.76. The van der Waals surface area contributed by atoms with Crippen LogP contribution in [0.5, 0.6) is 0 Å². The molecule has 0 amide bonds. The second kappa shape index (κ2) is 12.2. The highest BCUT2D eigenvalue weighted by atomic mass is 16.5. The second-order valence-corrected chi connectivity index (χ2v) is 12.3. The number of rotatable bonds is 10. The van der Waals surface area contributed by atoms with E-state index in [1.807, 2.05) is 71.5 Å². The van der Waals surface area contributed by atoms with Crippen LogP contribution in [0.1, 0.15) is 94.1 Å². The molecule has 2 heterocycles. The first-order valence-corrected chi connectivity index (χ1v) is 15.0. The van der Waals surface area contributed by atoms with Gasteiger partial charge >= 0.3 is 0 Å². The molecule has 8 nitrogen and oxygen atoms in total. The Labute approximate surface area is 247 Å². The molecule has 0 aliphatic heterocycles. The standard InChI is InChI=1S/C34H41N5O3/c1-5-8-30-29(21-24-11-13-25(14-12-24)28-10-7-6-9-26(28)22-35)31(40)38(32-36-23-37-39(30)32)27-15-17-34(42-4,18-16-27)20-19-33(2,3)41/h6-7,9-14,23,27,41H,5,8,15-21H2,1-4H3. The van der Waals surface area contributed by atoms with Crippen LogP contribution >= 0.6 is 0 Å². The van der Waals surface area contributed by atoms with Gasteiger partial charge in [-0.25, -0.2) is 4.52 Å². The van der Waals surface area contributed by atoms with Crippen molar-refractivity contribution in [3.63, 3.8) is 0 Å². The molecule has 1 N–H and O–H groups in total. The summed E-state index contributed by atoms with van der Waals surface area (Å²) in [5.74, 6) is 0.599. The summed E-state index contributed by atoms with van der Waals surface area (Å²) in [6.07, 6.45) is 8.31. The van der Waals surface area contributed by atoms with E-state index in [2.05, 4.69) is 23.1 Å². The van der Waals surface area contributed by atoms with Crippen LogP contribution in [0.2, 0.25) is 0 Å². The maximum absolute atomic E-state index is 14.3. The molecule has 0 unspecified atom stereocenters. The fraction of sp³-hybridized carbons (Fsp3) is 0.471. The lowest BCUT2D eigenvalue weighted by molar-refractivity contribution is -0.0684. The molecule has 220 valence electrons. The SMILES string of the molecule is CCCc1c(Cc2ccc(-c3ccccc3C#N)cc2)c(=O)n(C2CCC(CCC(C)(C)O)(OC)CC2)c2ncnn12. The Morgan fingerprint density at radius 1 is 1.14 bits per heavy atom. The van der Waals surface area contributed by atoms with Crippen molar-refractivity contribution in [2.75, 3.05) is 7.11 Å². The first kappa shape index (κ1) is 29.7. The summed E-state index contributed by atoms with van der Waals surface area (Å²) in [5, 5.41) is 24.4. The van der Waals surface area contributed by atoms with Crippen molar-refractivity contribution in [2.45, 2.75) is 95.8 Å². The van der Waals surface area contributed by atoms with Crippen molar-refractivity contribution in [3.05, 3.63) is 87.6 Å². The van der Waals surface area contributed by atoms with E-state index in [9.17, 15) is 15.2 Å². The van der Waals surface area contributed by atoms with Crippen molar-refractivity contribution < 1.29 is 9.84 Å². The van der Waals surface area contributed by atoms with E-state index < -0.39 is 5.60 Å². The fourth-order valence-corrected chi connectivity index (χ4v) is 6.39. The van der Waals surface area contributed by atoms with E-state index in [0.29, 0.717) is 24.2 Å². The molecule has 0 bridgehead atoms. The number of hydrogen-bond acceptors (Lipinski definition) is 6. The van der Waals surface area contributed by atoms with Gasteiger partial charge in [-0.15, -0.1) is 0 Å². The lowest BCUT2D eigenvalue weighted by Gasteiger charge is -2.41. The highest BCUT2D eigenvalue weighted by Gasteiger charge is 2.38. The summed E-state index contributed by atoms with van der Waals surface area (Å²) in [6, 6.07) is 18.0. The number of nitrogens with zero attached hydrogens (tertiary/aromatic N) is 5. The molecule has 8 heteroatoms. The molecule has 1 fully saturated rings. The molecule has 1 saturated carbocycles. The Morgan fingerprint density at radius 2 is 1.86 bits per heavy atom. The van der Waals surface area contributed by atoms with Gasteiger partial charge in [0.05, 0.1) is 28.5 Å². The molecule has 2 aromatic carbocycles. The second-order valence-electron chi connectivity index (χ2n) is 12.3. The number of fused-ring (bicyclic) bond motifs is 1. The molecule has 4 aromatic rings. The molecule has 2 aromatic heterocycles. The van der Waals surface area contributed by atoms with Gasteiger partial charge in [-0.3, -0.25) is 9.36 Å². The van der Waals surface area contributed by atoms with Gasteiger partial charge in [0, 0.05) is 25.1 Å². The van der Waals surface area contributed by atoms with Crippen LogP contribution in [0.25, 0.3) is 16.9 Å². The minimum atomic E-state index is -0.742. The van der Waals surface area contributed by atoms with E-state index in [1.165, 1.54) is 0 Å². The zero-order valence-corrected chi connectivity index (χ0v) is 25.1. The largest absolute Gasteiger partial charge is 0.390 e. The zero-order valence-electron chi connectivity index (χ0n) is 25.1. The number of aromatic nitrogens is 4. The number of methoxy groups -OCH3 is 1. The van der Waals surface area contributed by atoms with E-state index in [0.717, 1.165) is 72.9 Å². The van der Waals surface area contributed by atoms with Gasteiger partial charge in [-0.05, 0) is 81.5 Å². The quantitative estimate of drug-likeness (QED) is 0.251. The van der Waals surface area contributed by atoms with Crippen molar-refractivity contribution >= 4 is 5.78 Å². The molecular formula is C34H41N5O3. The number of hydrogen-bond donors (Lipinski definition) is 1. The number of ether oxygens (including phenoxy) is 1. The van der Waals surface area contributed by atoms with Gasteiger partial charge in [0.25, 0.3) is 5.56 Å². The van der Waals surface area contributed by atoms with Crippen molar-refractivity contribution in [2.24, 2.45) is 0 Å². The van der Waals surface area contributed by atoms with E-state index >= 15 is 0 Å². The topological polar surface area (TPSA) is 105 Å². The zero-order chi connectivity index (χ0) is 29.9. The third kappa shape index (κ3) is 6.04. The van der Waals surface area contributed by atoms with Crippen LogP contribution < -0.4 is 5.56 Å². The predicted octanol–water partition coefficient (Wildman–Crippen LogP) is 6.02. The molecule has 1 aliphatic carbocycles. The van der Waals surface area contributed by atoms with E-state index in [4.69, 9.17) is 4.74 Å². The molecule has 0 spiro atoms. The number of aliphatic hydroxyl groups is 1. The van der Waals surface area contributed by atoms with Crippen LogP contribution in [0.15, 0.2) is 59.7 Å². The maximum atomic E-state index is 14.3. The van der Waals surface area contributed by atoms with Gasteiger partial charge in [0.2, 0.25) is 5.78 Å². The molecule has 0 atom stereocenters. The smallest absolute Gasteiger partial charge is 0.259 e. The number of nitriles is 1. The van der Waals surface area contributed by atoms with Crippen LogP contribution in [-0.4, -0.2) is 42.6 Å². The van der Waals surface area contributed by atoms with Gasteiger partial charge in [0.1, 0.15) is 6.33 Å². The van der Waals surface area contributed by atoms with Gasteiger partial charge in [-0.2, -0.15) is 15.3 Å². The first-order chi connectivity index (χ1) is 20.2. The van der Waals surface area contributed by atoms with Gasteiger partial charge in [-0.1, -0.05) is 55.8 Å².